The molecule has 1 atom stereocenters. The number of hydrogen-bond donors (Lipinski definition) is 2. The highest BCUT2D eigenvalue weighted by atomic mass is 16.6. The van der Waals surface area contributed by atoms with Crippen molar-refractivity contribution in [2.24, 2.45) is 0 Å². The van der Waals surface area contributed by atoms with Gasteiger partial charge in [0.1, 0.15) is 5.60 Å². The molecule has 0 bridgehead atoms. The molecule has 0 spiro atoms. The van der Waals surface area contributed by atoms with Crippen molar-refractivity contribution >= 4 is 6.09 Å². The van der Waals surface area contributed by atoms with E-state index in [1.807, 2.05) is 20.8 Å². The summed E-state index contributed by atoms with van der Waals surface area (Å²) in [5.41, 5.74) is -0.422. The number of carbonyl (C=O) groups is 1. The molecule has 0 aromatic heterocycles. The lowest BCUT2D eigenvalue weighted by molar-refractivity contribution is 0.0527. The van der Waals surface area contributed by atoms with Crippen LogP contribution >= 0.6 is 0 Å². The van der Waals surface area contributed by atoms with Gasteiger partial charge in [0.15, 0.2) is 0 Å². The van der Waals surface area contributed by atoms with Crippen molar-refractivity contribution in [2.45, 2.75) is 51.7 Å². The number of amides is 1. The predicted octanol–water partition coefficient (Wildman–Crippen LogP) is 1.58. The van der Waals surface area contributed by atoms with E-state index in [1.54, 1.807) is 0 Å². The van der Waals surface area contributed by atoms with Gasteiger partial charge in [0, 0.05) is 19.1 Å². The lowest BCUT2D eigenvalue weighted by Crippen LogP contribution is -2.44. The summed E-state index contributed by atoms with van der Waals surface area (Å²) in [6.45, 7) is 9.53. The SMILES string of the molecule is CN1CCCC(NCCCNC(=O)OC(C)(C)C)C1. The van der Waals surface area contributed by atoms with Gasteiger partial charge in [0.25, 0.3) is 0 Å². The summed E-state index contributed by atoms with van der Waals surface area (Å²) in [4.78, 5) is 13.8. The zero-order valence-corrected chi connectivity index (χ0v) is 12.8. The van der Waals surface area contributed by atoms with E-state index in [0.717, 1.165) is 19.5 Å². The smallest absolute Gasteiger partial charge is 0.407 e. The number of ether oxygens (including phenoxy) is 1. The number of hydrogen-bond acceptors (Lipinski definition) is 4. The molecular formula is C14H29N3O2. The summed E-state index contributed by atoms with van der Waals surface area (Å²) < 4.78 is 5.17. The molecule has 1 aliphatic heterocycles. The van der Waals surface area contributed by atoms with Crippen molar-refractivity contribution in [3.8, 4) is 0 Å². The molecule has 1 rings (SSSR count). The Morgan fingerprint density at radius 3 is 2.74 bits per heavy atom. The number of likely N-dealkylation sites (N-methyl/N-ethyl adjacent to an activating group) is 1. The average molecular weight is 271 g/mol. The van der Waals surface area contributed by atoms with Crippen LogP contribution in [-0.2, 0) is 4.74 Å². The zero-order valence-electron chi connectivity index (χ0n) is 12.8. The van der Waals surface area contributed by atoms with Crippen LogP contribution in [0.15, 0.2) is 0 Å². The topological polar surface area (TPSA) is 53.6 Å². The van der Waals surface area contributed by atoms with Gasteiger partial charge < -0.3 is 20.3 Å². The summed E-state index contributed by atoms with van der Waals surface area (Å²) in [6, 6.07) is 0.597. The molecule has 1 unspecified atom stereocenters. The molecule has 1 aliphatic rings. The number of nitrogens with zero attached hydrogens (tertiary/aromatic N) is 1. The second-order valence-electron chi connectivity index (χ2n) is 6.34. The van der Waals surface area contributed by atoms with E-state index in [1.165, 1.54) is 19.4 Å². The highest BCUT2D eigenvalue weighted by Crippen LogP contribution is 2.08. The minimum atomic E-state index is -0.422. The van der Waals surface area contributed by atoms with Gasteiger partial charge in [0.05, 0.1) is 0 Å². The zero-order chi connectivity index (χ0) is 14.3. The monoisotopic (exact) mass is 271 g/mol. The Bertz CT molecular complexity index is 276. The predicted molar refractivity (Wildman–Crippen MR) is 77.4 cm³/mol. The van der Waals surface area contributed by atoms with Crippen molar-refractivity contribution in [1.29, 1.82) is 0 Å². The number of alkyl carbamates (subject to hydrolysis) is 1. The van der Waals surface area contributed by atoms with Gasteiger partial charge in [-0.25, -0.2) is 4.79 Å². The van der Waals surface area contributed by atoms with Gasteiger partial charge in [-0.2, -0.15) is 0 Å². The molecule has 0 aromatic carbocycles. The van der Waals surface area contributed by atoms with Crippen LogP contribution in [0.3, 0.4) is 0 Å². The molecule has 1 heterocycles. The van der Waals surface area contributed by atoms with E-state index in [9.17, 15) is 4.79 Å². The van der Waals surface area contributed by atoms with Crippen LogP contribution in [0.25, 0.3) is 0 Å². The van der Waals surface area contributed by atoms with Gasteiger partial charge in [-0.15, -0.1) is 0 Å². The number of nitrogens with one attached hydrogen (secondary N) is 2. The molecule has 112 valence electrons. The first kappa shape index (κ1) is 16.2. The molecule has 1 fully saturated rings. The van der Waals surface area contributed by atoms with Crippen LogP contribution in [0.2, 0.25) is 0 Å². The molecule has 1 amide bonds. The average Bonchev–Trinajstić information content (AvgIpc) is 2.26. The molecule has 0 aromatic rings. The summed E-state index contributed by atoms with van der Waals surface area (Å²) in [5.74, 6) is 0. The van der Waals surface area contributed by atoms with E-state index < -0.39 is 5.60 Å². The fraction of sp³-hybridized carbons (Fsp3) is 0.929. The van der Waals surface area contributed by atoms with Gasteiger partial charge in [-0.3, -0.25) is 0 Å². The Hall–Kier alpha value is -0.810. The second-order valence-corrected chi connectivity index (χ2v) is 6.34. The Balaban J connectivity index is 2.00. The summed E-state index contributed by atoms with van der Waals surface area (Å²) in [5, 5.41) is 6.31. The van der Waals surface area contributed by atoms with Gasteiger partial charge in [0.2, 0.25) is 0 Å². The Kier molecular flexibility index (Phi) is 6.58. The number of piperidine rings is 1. The van der Waals surface area contributed by atoms with E-state index in [2.05, 4.69) is 22.6 Å². The molecule has 0 saturated carbocycles. The Labute approximate surface area is 117 Å². The van der Waals surface area contributed by atoms with Crippen LogP contribution in [0, 0.1) is 0 Å². The first-order chi connectivity index (χ1) is 8.87. The van der Waals surface area contributed by atoms with Gasteiger partial charge in [-0.05, 0) is 60.2 Å². The van der Waals surface area contributed by atoms with Crippen LogP contribution in [0.4, 0.5) is 4.79 Å². The van der Waals surface area contributed by atoms with Crippen molar-refractivity contribution in [3.63, 3.8) is 0 Å². The Morgan fingerprint density at radius 2 is 2.11 bits per heavy atom. The minimum absolute atomic E-state index is 0.329. The van der Waals surface area contributed by atoms with E-state index >= 15 is 0 Å². The third-order valence-corrected chi connectivity index (χ3v) is 3.08. The molecule has 19 heavy (non-hydrogen) atoms. The second kappa shape index (κ2) is 7.70. The van der Waals surface area contributed by atoms with E-state index in [0.29, 0.717) is 12.6 Å². The number of carbonyl (C=O) groups excluding carboxylic acids is 1. The Morgan fingerprint density at radius 1 is 1.37 bits per heavy atom. The third-order valence-electron chi connectivity index (χ3n) is 3.08. The highest BCUT2D eigenvalue weighted by molar-refractivity contribution is 5.67. The minimum Gasteiger partial charge on any atom is -0.444 e. The molecular weight excluding hydrogens is 242 g/mol. The lowest BCUT2D eigenvalue weighted by Gasteiger charge is -2.30. The summed E-state index contributed by atoms with van der Waals surface area (Å²) >= 11 is 0. The fourth-order valence-electron chi connectivity index (χ4n) is 2.23. The van der Waals surface area contributed by atoms with Crippen molar-refractivity contribution in [1.82, 2.24) is 15.5 Å². The highest BCUT2D eigenvalue weighted by Gasteiger charge is 2.17. The van der Waals surface area contributed by atoms with E-state index in [4.69, 9.17) is 4.74 Å². The fourth-order valence-corrected chi connectivity index (χ4v) is 2.23. The van der Waals surface area contributed by atoms with Crippen molar-refractivity contribution in [3.05, 3.63) is 0 Å². The molecule has 5 heteroatoms. The summed E-state index contributed by atoms with van der Waals surface area (Å²) in [7, 11) is 2.16. The molecule has 2 N–H and O–H groups in total. The maximum atomic E-state index is 11.4. The third kappa shape index (κ3) is 8.06. The van der Waals surface area contributed by atoms with Gasteiger partial charge in [-0.1, -0.05) is 0 Å². The van der Waals surface area contributed by atoms with Gasteiger partial charge >= 0.3 is 6.09 Å². The number of rotatable bonds is 5. The van der Waals surface area contributed by atoms with Crippen molar-refractivity contribution < 1.29 is 9.53 Å². The maximum Gasteiger partial charge on any atom is 0.407 e. The standard InChI is InChI=1S/C14H29N3O2/c1-14(2,3)19-13(18)16-9-6-8-15-12-7-5-10-17(4)11-12/h12,15H,5-11H2,1-4H3,(H,16,18). The molecule has 0 radical (unpaired) electrons. The quantitative estimate of drug-likeness (QED) is 0.746. The van der Waals surface area contributed by atoms with Crippen LogP contribution in [-0.4, -0.2) is 55.9 Å². The summed E-state index contributed by atoms with van der Waals surface area (Å²) in [6.07, 6.45) is 3.12. The van der Waals surface area contributed by atoms with Crippen molar-refractivity contribution in [2.75, 3.05) is 33.2 Å². The van der Waals surface area contributed by atoms with E-state index in [-0.39, 0.29) is 6.09 Å². The largest absolute Gasteiger partial charge is 0.444 e. The first-order valence-electron chi connectivity index (χ1n) is 7.25. The normalized spacial score (nSPS) is 21.2. The lowest BCUT2D eigenvalue weighted by atomic mass is 10.1. The molecule has 1 saturated heterocycles. The molecule has 0 aliphatic carbocycles. The first-order valence-corrected chi connectivity index (χ1v) is 7.25. The van der Waals surface area contributed by atoms with Crippen LogP contribution < -0.4 is 10.6 Å². The maximum absolute atomic E-state index is 11.4. The van der Waals surface area contributed by atoms with Crippen LogP contribution in [0.1, 0.15) is 40.0 Å². The van der Waals surface area contributed by atoms with Crippen LogP contribution in [0.5, 0.6) is 0 Å². The molecule has 5 nitrogen and oxygen atoms in total. The number of likely N-dealkylation sites (tertiary alicyclic amines) is 1.